The van der Waals surface area contributed by atoms with Gasteiger partial charge in [0.15, 0.2) is 0 Å². The summed E-state index contributed by atoms with van der Waals surface area (Å²) in [4.78, 5) is 11.9. The van der Waals surface area contributed by atoms with Gasteiger partial charge in [0, 0.05) is 24.7 Å². The number of hydrogen-bond acceptors (Lipinski definition) is 3. The molecule has 0 atom stereocenters. The van der Waals surface area contributed by atoms with Crippen LogP contribution in [0.15, 0.2) is 24.3 Å². The smallest absolute Gasteiger partial charge is 0.251 e. The zero-order chi connectivity index (χ0) is 14.8. The molecule has 1 aliphatic rings. The fraction of sp³-hybridized carbons (Fsp3) is 0.462. The van der Waals surface area contributed by atoms with Crippen LogP contribution in [0.2, 0.25) is 0 Å². The van der Waals surface area contributed by atoms with Crippen molar-refractivity contribution in [3.8, 4) is 0 Å². The van der Waals surface area contributed by atoms with Crippen LogP contribution in [0.5, 0.6) is 0 Å². The number of amides is 1. The highest BCUT2D eigenvalue weighted by atomic mass is 32.2. The second-order valence-corrected chi connectivity index (χ2v) is 6.90. The molecule has 110 valence electrons. The Kier molecular flexibility index (Phi) is 4.39. The summed E-state index contributed by atoms with van der Waals surface area (Å²) in [5.41, 5.74) is 0.274. The lowest BCUT2D eigenvalue weighted by Crippen LogP contribution is -2.46. The molecule has 1 aromatic carbocycles. The second kappa shape index (κ2) is 5.88. The maximum Gasteiger partial charge on any atom is 0.251 e. The maximum atomic E-state index is 13.0. The van der Waals surface area contributed by atoms with Gasteiger partial charge in [-0.05, 0) is 31.0 Å². The van der Waals surface area contributed by atoms with Gasteiger partial charge >= 0.3 is 0 Å². The molecular weight excluding hydrogens is 283 g/mol. The summed E-state index contributed by atoms with van der Waals surface area (Å²) in [7, 11) is -3.16. The summed E-state index contributed by atoms with van der Waals surface area (Å²) in [6.07, 6.45) is 2.31. The van der Waals surface area contributed by atoms with Crippen LogP contribution in [0.4, 0.5) is 4.39 Å². The lowest BCUT2D eigenvalue weighted by atomic mass is 10.1. The van der Waals surface area contributed by atoms with Crippen molar-refractivity contribution in [1.29, 1.82) is 0 Å². The third-order valence-electron chi connectivity index (χ3n) is 3.34. The first kappa shape index (κ1) is 14.9. The van der Waals surface area contributed by atoms with Gasteiger partial charge < -0.3 is 5.32 Å². The lowest BCUT2D eigenvalue weighted by molar-refractivity contribution is 0.0923. The van der Waals surface area contributed by atoms with Crippen molar-refractivity contribution in [3.63, 3.8) is 0 Å². The van der Waals surface area contributed by atoms with Crippen molar-refractivity contribution in [3.05, 3.63) is 35.6 Å². The Hall–Kier alpha value is -1.47. The van der Waals surface area contributed by atoms with E-state index in [1.54, 1.807) is 6.07 Å². The van der Waals surface area contributed by atoms with Gasteiger partial charge in [-0.1, -0.05) is 6.07 Å². The van der Waals surface area contributed by atoms with E-state index in [4.69, 9.17) is 0 Å². The minimum Gasteiger partial charge on any atom is -0.349 e. The lowest BCUT2D eigenvalue weighted by Gasteiger charge is -2.30. The van der Waals surface area contributed by atoms with Crippen LogP contribution in [0.1, 0.15) is 23.2 Å². The number of nitrogens with one attached hydrogen (secondary N) is 1. The molecule has 0 unspecified atom stereocenters. The summed E-state index contributed by atoms with van der Waals surface area (Å²) < 4.78 is 37.2. The molecule has 0 aromatic heterocycles. The molecule has 5 nitrogen and oxygen atoms in total. The first-order valence-electron chi connectivity index (χ1n) is 6.38. The van der Waals surface area contributed by atoms with Gasteiger partial charge in [0.2, 0.25) is 10.0 Å². The second-order valence-electron chi connectivity index (χ2n) is 4.92. The van der Waals surface area contributed by atoms with Gasteiger partial charge in [0.1, 0.15) is 5.82 Å². The largest absolute Gasteiger partial charge is 0.349 e. The Bertz CT molecular complexity index is 595. The summed E-state index contributed by atoms with van der Waals surface area (Å²) >= 11 is 0. The quantitative estimate of drug-likeness (QED) is 0.905. The number of rotatable bonds is 3. The number of benzene rings is 1. The van der Waals surface area contributed by atoms with Crippen LogP contribution in [-0.4, -0.2) is 44.0 Å². The van der Waals surface area contributed by atoms with Gasteiger partial charge in [0.05, 0.1) is 6.26 Å². The fourth-order valence-corrected chi connectivity index (χ4v) is 3.10. The minimum absolute atomic E-state index is 0.0798. The average molecular weight is 300 g/mol. The predicted octanol–water partition coefficient (Wildman–Crippen LogP) is 0.979. The monoisotopic (exact) mass is 300 g/mol. The molecule has 1 aromatic rings. The number of sulfonamides is 1. The van der Waals surface area contributed by atoms with E-state index >= 15 is 0 Å². The average Bonchev–Trinajstić information content (AvgIpc) is 2.38. The van der Waals surface area contributed by atoms with E-state index in [-0.39, 0.29) is 17.5 Å². The molecule has 1 heterocycles. The van der Waals surface area contributed by atoms with E-state index in [1.807, 2.05) is 0 Å². The Morgan fingerprint density at radius 1 is 1.35 bits per heavy atom. The predicted molar refractivity (Wildman–Crippen MR) is 73.3 cm³/mol. The van der Waals surface area contributed by atoms with Crippen LogP contribution in [0.3, 0.4) is 0 Å². The molecule has 20 heavy (non-hydrogen) atoms. The SMILES string of the molecule is CS(=O)(=O)N1CCC(NC(=O)c2cccc(F)c2)CC1. The third kappa shape index (κ3) is 3.77. The minimum atomic E-state index is -3.16. The molecule has 1 saturated heterocycles. The molecule has 7 heteroatoms. The first-order chi connectivity index (χ1) is 9.36. The summed E-state index contributed by atoms with van der Waals surface area (Å²) in [6, 6.07) is 5.41. The van der Waals surface area contributed by atoms with E-state index < -0.39 is 15.8 Å². The summed E-state index contributed by atoms with van der Waals surface area (Å²) in [6.45, 7) is 0.792. The molecule has 0 saturated carbocycles. The molecule has 0 aliphatic carbocycles. The van der Waals surface area contributed by atoms with Crippen molar-refractivity contribution in [2.45, 2.75) is 18.9 Å². The topological polar surface area (TPSA) is 66.5 Å². The molecule has 0 bridgehead atoms. The molecule has 1 aliphatic heterocycles. The fourth-order valence-electron chi connectivity index (χ4n) is 2.23. The molecule has 2 rings (SSSR count). The number of carbonyl (C=O) groups excluding carboxylic acids is 1. The van der Waals surface area contributed by atoms with Crippen LogP contribution >= 0.6 is 0 Å². The van der Waals surface area contributed by atoms with E-state index in [1.165, 1.54) is 28.8 Å². The van der Waals surface area contributed by atoms with E-state index in [9.17, 15) is 17.6 Å². The highest BCUT2D eigenvalue weighted by molar-refractivity contribution is 7.88. The van der Waals surface area contributed by atoms with Crippen molar-refractivity contribution in [2.24, 2.45) is 0 Å². The van der Waals surface area contributed by atoms with Gasteiger partial charge in [0.25, 0.3) is 5.91 Å². The zero-order valence-corrected chi connectivity index (χ0v) is 12.0. The van der Waals surface area contributed by atoms with Gasteiger partial charge in [-0.2, -0.15) is 0 Å². The zero-order valence-electron chi connectivity index (χ0n) is 11.2. The third-order valence-corrected chi connectivity index (χ3v) is 4.65. The van der Waals surface area contributed by atoms with Crippen molar-refractivity contribution >= 4 is 15.9 Å². The Labute approximate surface area is 117 Å². The van der Waals surface area contributed by atoms with Crippen LogP contribution < -0.4 is 5.32 Å². The standard InChI is InChI=1S/C13H17FN2O3S/c1-20(18,19)16-7-5-12(6-8-16)15-13(17)10-3-2-4-11(14)9-10/h2-4,9,12H,5-8H2,1H3,(H,15,17). The number of hydrogen-bond donors (Lipinski definition) is 1. The van der Waals surface area contributed by atoms with Crippen molar-refractivity contribution in [1.82, 2.24) is 9.62 Å². The molecule has 1 fully saturated rings. The Morgan fingerprint density at radius 2 is 2.00 bits per heavy atom. The highest BCUT2D eigenvalue weighted by Gasteiger charge is 2.25. The first-order valence-corrected chi connectivity index (χ1v) is 8.22. The van der Waals surface area contributed by atoms with Gasteiger partial charge in [-0.3, -0.25) is 4.79 Å². The number of nitrogens with zero attached hydrogens (tertiary/aromatic N) is 1. The molecule has 0 radical (unpaired) electrons. The molecule has 1 N–H and O–H groups in total. The number of halogens is 1. The number of carbonyl (C=O) groups is 1. The molecule has 1 amide bonds. The van der Waals surface area contributed by atoms with Crippen LogP contribution in [-0.2, 0) is 10.0 Å². The number of piperidine rings is 1. The van der Waals surface area contributed by atoms with Crippen LogP contribution in [0, 0.1) is 5.82 Å². The van der Waals surface area contributed by atoms with Gasteiger partial charge in [-0.25, -0.2) is 17.1 Å². The van der Waals surface area contributed by atoms with Crippen molar-refractivity contribution < 1.29 is 17.6 Å². The van der Waals surface area contributed by atoms with E-state index in [2.05, 4.69) is 5.32 Å². The Balaban J connectivity index is 1.91. The van der Waals surface area contributed by atoms with Gasteiger partial charge in [-0.15, -0.1) is 0 Å². The van der Waals surface area contributed by atoms with Crippen LogP contribution in [0.25, 0.3) is 0 Å². The van der Waals surface area contributed by atoms with E-state index in [0.717, 1.165) is 0 Å². The normalized spacial score (nSPS) is 17.9. The summed E-state index contributed by atoms with van der Waals surface area (Å²) in [5, 5.41) is 2.81. The van der Waals surface area contributed by atoms with E-state index in [0.29, 0.717) is 25.9 Å². The maximum absolute atomic E-state index is 13.0. The Morgan fingerprint density at radius 3 is 2.55 bits per heavy atom. The molecule has 0 spiro atoms. The van der Waals surface area contributed by atoms with Crippen molar-refractivity contribution in [2.75, 3.05) is 19.3 Å². The summed E-state index contributed by atoms with van der Waals surface area (Å²) in [5.74, 6) is -0.785. The highest BCUT2D eigenvalue weighted by Crippen LogP contribution is 2.14. The molecular formula is C13H17FN2O3S.